The van der Waals surface area contributed by atoms with Crippen molar-refractivity contribution in [3.63, 3.8) is 0 Å². The van der Waals surface area contributed by atoms with Crippen LogP contribution in [0, 0.1) is 0 Å². The molecule has 0 aromatic carbocycles. The normalized spacial score (nSPS) is 20.4. The highest BCUT2D eigenvalue weighted by molar-refractivity contribution is 7.26. The van der Waals surface area contributed by atoms with Crippen LogP contribution < -0.4 is 0 Å². The van der Waals surface area contributed by atoms with E-state index in [0.29, 0.717) is 0 Å². The SMILES string of the molecule is c1cc(C2CCC2)[pH]n1. The van der Waals surface area contributed by atoms with Crippen molar-refractivity contribution in [2.45, 2.75) is 25.2 Å². The predicted molar refractivity (Wildman–Crippen MR) is 40.3 cm³/mol. The van der Waals surface area contributed by atoms with Crippen molar-refractivity contribution in [1.29, 1.82) is 0 Å². The van der Waals surface area contributed by atoms with Gasteiger partial charge in [-0.05, 0) is 38.5 Å². The Hall–Kier alpha value is -0.290. The van der Waals surface area contributed by atoms with Gasteiger partial charge in [-0.2, -0.15) is 0 Å². The summed E-state index contributed by atoms with van der Waals surface area (Å²) < 4.78 is 4.18. The summed E-state index contributed by atoms with van der Waals surface area (Å²) in [7, 11) is 0.769. The van der Waals surface area contributed by atoms with Crippen molar-refractivity contribution in [3.05, 3.63) is 17.6 Å². The van der Waals surface area contributed by atoms with E-state index in [0.717, 1.165) is 14.3 Å². The Bertz CT molecular complexity index is 177. The predicted octanol–water partition coefficient (Wildman–Crippen LogP) is 2.38. The van der Waals surface area contributed by atoms with Crippen LogP contribution in [0.25, 0.3) is 0 Å². The zero-order valence-electron chi connectivity index (χ0n) is 5.30. The first-order chi connectivity index (χ1) is 4.47. The van der Waals surface area contributed by atoms with Gasteiger partial charge in [-0.1, -0.05) is 6.42 Å². The second-order valence-electron chi connectivity index (χ2n) is 2.64. The Balaban J connectivity index is 2.14. The monoisotopic (exact) mass is 139 g/mol. The van der Waals surface area contributed by atoms with Crippen LogP contribution in [-0.4, -0.2) is 4.75 Å². The van der Waals surface area contributed by atoms with Gasteiger partial charge in [0.1, 0.15) is 0 Å². The highest BCUT2D eigenvalue weighted by atomic mass is 31.0. The van der Waals surface area contributed by atoms with Gasteiger partial charge in [-0.15, -0.1) is 0 Å². The molecule has 0 bridgehead atoms. The third kappa shape index (κ3) is 0.900. The summed E-state index contributed by atoms with van der Waals surface area (Å²) in [5.41, 5.74) is 0. The third-order valence-corrected chi connectivity index (χ3v) is 3.18. The lowest BCUT2D eigenvalue weighted by Crippen LogP contribution is -2.05. The lowest BCUT2D eigenvalue weighted by atomic mass is 9.84. The molecule has 1 aromatic heterocycles. The van der Waals surface area contributed by atoms with Crippen LogP contribution in [-0.2, 0) is 0 Å². The Morgan fingerprint density at radius 3 is 2.89 bits per heavy atom. The molecule has 1 heterocycles. The molecule has 1 fully saturated rings. The van der Waals surface area contributed by atoms with Crippen molar-refractivity contribution < 1.29 is 0 Å². The molecule has 1 unspecified atom stereocenters. The Morgan fingerprint density at radius 2 is 2.44 bits per heavy atom. The summed E-state index contributed by atoms with van der Waals surface area (Å²) in [5.74, 6) is 0.922. The molecule has 2 heteroatoms. The van der Waals surface area contributed by atoms with Crippen molar-refractivity contribution in [2.75, 3.05) is 0 Å². The van der Waals surface area contributed by atoms with E-state index in [1.807, 2.05) is 6.20 Å². The maximum Gasteiger partial charge on any atom is 0.0312 e. The molecule has 9 heavy (non-hydrogen) atoms. The molecular formula is C7H10NP. The molecule has 0 saturated heterocycles. The summed E-state index contributed by atoms with van der Waals surface area (Å²) in [6, 6.07) is 2.20. The maximum absolute atomic E-state index is 4.18. The lowest BCUT2D eigenvalue weighted by molar-refractivity contribution is 0.426. The molecule has 0 amide bonds. The number of rotatable bonds is 1. The van der Waals surface area contributed by atoms with Gasteiger partial charge in [-0.3, -0.25) is 0 Å². The Morgan fingerprint density at radius 1 is 1.56 bits per heavy atom. The van der Waals surface area contributed by atoms with E-state index in [1.54, 1.807) is 5.30 Å². The van der Waals surface area contributed by atoms with E-state index in [9.17, 15) is 0 Å². The van der Waals surface area contributed by atoms with Gasteiger partial charge in [0.25, 0.3) is 0 Å². The fourth-order valence-electron chi connectivity index (χ4n) is 1.21. The zero-order chi connectivity index (χ0) is 6.10. The van der Waals surface area contributed by atoms with Crippen LogP contribution in [0.15, 0.2) is 12.3 Å². The molecule has 0 N–H and O–H groups in total. The van der Waals surface area contributed by atoms with Crippen LogP contribution in [0.3, 0.4) is 0 Å². The molecule has 0 aliphatic heterocycles. The topological polar surface area (TPSA) is 12.9 Å². The number of nitrogens with zero attached hydrogens (tertiary/aromatic N) is 1. The van der Waals surface area contributed by atoms with Gasteiger partial charge in [0.15, 0.2) is 0 Å². The summed E-state index contributed by atoms with van der Waals surface area (Å²) in [5, 5.41) is 1.60. The second kappa shape index (κ2) is 2.15. The molecular weight excluding hydrogens is 129 g/mol. The zero-order valence-corrected chi connectivity index (χ0v) is 6.30. The molecule has 1 aliphatic rings. The Labute approximate surface area is 56.7 Å². The van der Waals surface area contributed by atoms with Crippen LogP contribution >= 0.6 is 8.35 Å². The highest BCUT2D eigenvalue weighted by Gasteiger charge is 2.19. The first-order valence-corrected chi connectivity index (χ1v) is 4.41. The molecule has 0 radical (unpaired) electrons. The van der Waals surface area contributed by atoms with Crippen LogP contribution in [0.2, 0.25) is 0 Å². The molecule has 1 nitrogen and oxygen atoms in total. The fourth-order valence-corrected chi connectivity index (χ4v) is 2.13. The summed E-state index contributed by atoms with van der Waals surface area (Å²) in [4.78, 5) is 0. The number of aromatic nitrogens is 1. The van der Waals surface area contributed by atoms with Gasteiger partial charge in [-0.25, -0.2) is 4.75 Å². The molecule has 1 aliphatic carbocycles. The van der Waals surface area contributed by atoms with Gasteiger partial charge < -0.3 is 0 Å². The van der Waals surface area contributed by atoms with Gasteiger partial charge >= 0.3 is 0 Å². The van der Waals surface area contributed by atoms with E-state index in [4.69, 9.17) is 0 Å². The maximum atomic E-state index is 4.18. The van der Waals surface area contributed by atoms with Crippen molar-refractivity contribution in [1.82, 2.24) is 4.75 Å². The minimum Gasteiger partial charge on any atom is -0.249 e. The number of hydrogen-bond donors (Lipinski definition) is 0. The van der Waals surface area contributed by atoms with Crippen molar-refractivity contribution in [3.8, 4) is 0 Å². The molecule has 1 atom stereocenters. The van der Waals surface area contributed by atoms with E-state index in [1.165, 1.54) is 19.3 Å². The summed E-state index contributed by atoms with van der Waals surface area (Å²) >= 11 is 0. The first-order valence-electron chi connectivity index (χ1n) is 3.46. The minimum atomic E-state index is 0.769. The Kier molecular flexibility index (Phi) is 1.31. The van der Waals surface area contributed by atoms with E-state index in [-0.39, 0.29) is 0 Å². The van der Waals surface area contributed by atoms with Gasteiger partial charge in [0.05, 0.1) is 0 Å². The molecule has 48 valence electrons. The molecule has 0 spiro atoms. The number of hydrogen-bond acceptors (Lipinski definition) is 1. The third-order valence-electron chi connectivity index (χ3n) is 2.07. The van der Waals surface area contributed by atoms with Crippen molar-refractivity contribution in [2.24, 2.45) is 0 Å². The van der Waals surface area contributed by atoms with Gasteiger partial charge in [0, 0.05) is 6.20 Å². The first kappa shape index (κ1) is 5.49. The standard InChI is InChI=1S/C7H10NP/c1-2-6(3-1)7-4-5-8-9-7/h4-6,9H,1-3H2. The minimum absolute atomic E-state index is 0.769. The fraction of sp³-hybridized carbons (Fsp3) is 0.571. The molecule has 1 saturated carbocycles. The van der Waals surface area contributed by atoms with E-state index < -0.39 is 0 Å². The summed E-state index contributed by atoms with van der Waals surface area (Å²) in [6.07, 6.45) is 6.23. The van der Waals surface area contributed by atoms with Gasteiger partial charge in [0.2, 0.25) is 0 Å². The molecule has 2 rings (SSSR count). The average molecular weight is 139 g/mol. The summed E-state index contributed by atoms with van der Waals surface area (Å²) in [6.45, 7) is 0. The smallest absolute Gasteiger partial charge is 0.0312 e. The van der Waals surface area contributed by atoms with E-state index in [2.05, 4.69) is 10.8 Å². The average Bonchev–Trinajstić information content (AvgIpc) is 2.11. The largest absolute Gasteiger partial charge is 0.249 e. The van der Waals surface area contributed by atoms with E-state index >= 15 is 0 Å². The molecule has 1 aromatic rings. The van der Waals surface area contributed by atoms with Crippen LogP contribution in [0.5, 0.6) is 0 Å². The highest BCUT2D eigenvalue weighted by Crippen LogP contribution is 2.39. The second-order valence-corrected chi connectivity index (χ2v) is 3.70. The van der Waals surface area contributed by atoms with Crippen molar-refractivity contribution >= 4 is 8.35 Å². The van der Waals surface area contributed by atoms with Crippen LogP contribution in [0.1, 0.15) is 30.5 Å². The quantitative estimate of drug-likeness (QED) is 0.582. The lowest BCUT2D eigenvalue weighted by Gasteiger charge is -2.23. The van der Waals surface area contributed by atoms with Crippen LogP contribution in [0.4, 0.5) is 0 Å².